The van der Waals surface area contributed by atoms with Crippen molar-refractivity contribution in [3.63, 3.8) is 0 Å². The summed E-state index contributed by atoms with van der Waals surface area (Å²) in [6.07, 6.45) is 0. The average Bonchev–Trinajstić information content (AvgIpc) is 2.95. The number of phosphoric acid groups is 1. The van der Waals surface area contributed by atoms with Crippen molar-refractivity contribution in [2.45, 2.75) is 38.5 Å². The molecule has 206 valence electrons. The van der Waals surface area contributed by atoms with Gasteiger partial charge in [-0.05, 0) is 22.3 Å². The van der Waals surface area contributed by atoms with E-state index in [1.807, 2.05) is 0 Å². The van der Waals surface area contributed by atoms with Crippen molar-refractivity contribution in [1.29, 1.82) is 0 Å². The van der Waals surface area contributed by atoms with Gasteiger partial charge in [0.25, 0.3) is 0 Å². The zero-order chi connectivity index (χ0) is 28.4. The summed E-state index contributed by atoms with van der Waals surface area (Å²) < 4.78 is 15.2. The highest BCUT2D eigenvalue weighted by Crippen LogP contribution is 2.42. The van der Waals surface area contributed by atoms with Gasteiger partial charge < -0.3 is 24.5 Å². The van der Waals surface area contributed by atoms with Crippen LogP contribution in [0.15, 0.2) is 103 Å². The van der Waals surface area contributed by atoms with Crippen LogP contribution in [-0.2, 0) is 4.57 Å². The van der Waals surface area contributed by atoms with Gasteiger partial charge in [-0.2, -0.15) is 0 Å². The van der Waals surface area contributed by atoms with Crippen LogP contribution in [0.2, 0.25) is 0 Å². The molecule has 0 aromatic heterocycles. The number of aliphatic hydroxyl groups is 1. The summed E-state index contributed by atoms with van der Waals surface area (Å²) >= 11 is 0. The minimum absolute atomic E-state index is 0.0134. The van der Waals surface area contributed by atoms with E-state index in [0.29, 0.717) is 0 Å². The third kappa shape index (κ3) is 8.89. The molecule has 0 saturated heterocycles. The van der Waals surface area contributed by atoms with E-state index in [0.717, 1.165) is 16.9 Å². The summed E-state index contributed by atoms with van der Waals surface area (Å²) in [4.78, 5) is 21.6. The van der Waals surface area contributed by atoms with Crippen LogP contribution in [-0.4, -0.2) is 33.0 Å². The quantitative estimate of drug-likeness (QED) is 0.176. The molecule has 0 aliphatic rings. The van der Waals surface area contributed by atoms with Gasteiger partial charge in [-0.1, -0.05) is 124 Å². The number of ether oxygens (including phenoxy) is 1. The molecule has 0 saturated carbocycles. The number of hydrogen-bond donors (Lipinski definition) is 4. The minimum atomic E-state index is -4.64. The first-order chi connectivity index (χ1) is 18.6. The SMILES string of the molecule is CC(c1ccccc1)c1cc(C(C)c2ccccc2)c(OCCO)c(C(C)c2ccccc2)c1.O=P(O)(O)O. The third-order valence-electron chi connectivity index (χ3n) is 6.84. The summed E-state index contributed by atoms with van der Waals surface area (Å²) in [5, 5.41) is 9.59. The zero-order valence-electron chi connectivity index (χ0n) is 22.5. The van der Waals surface area contributed by atoms with Crippen molar-refractivity contribution in [1.82, 2.24) is 0 Å². The third-order valence-corrected chi connectivity index (χ3v) is 6.84. The van der Waals surface area contributed by atoms with Gasteiger partial charge in [0.2, 0.25) is 0 Å². The maximum absolute atomic E-state index is 9.59. The lowest BCUT2D eigenvalue weighted by Gasteiger charge is -2.26. The molecule has 0 bridgehead atoms. The predicted molar refractivity (Wildman–Crippen MR) is 155 cm³/mol. The molecule has 7 heteroatoms. The van der Waals surface area contributed by atoms with Gasteiger partial charge in [-0.15, -0.1) is 0 Å². The molecular weight excluding hydrogens is 511 g/mol. The van der Waals surface area contributed by atoms with Crippen LogP contribution in [0.5, 0.6) is 5.75 Å². The summed E-state index contributed by atoms with van der Waals surface area (Å²) in [5.74, 6) is 1.45. The van der Waals surface area contributed by atoms with E-state index in [1.165, 1.54) is 22.3 Å². The van der Waals surface area contributed by atoms with Crippen LogP contribution in [0, 0.1) is 0 Å². The second-order valence-corrected chi connectivity index (χ2v) is 10.5. The Bertz CT molecular complexity index is 1260. The van der Waals surface area contributed by atoms with Gasteiger partial charge >= 0.3 is 7.82 Å². The highest BCUT2D eigenvalue weighted by molar-refractivity contribution is 7.45. The predicted octanol–water partition coefficient (Wildman–Crippen LogP) is 6.58. The van der Waals surface area contributed by atoms with E-state index in [1.54, 1.807) is 0 Å². The fourth-order valence-corrected chi connectivity index (χ4v) is 4.68. The first-order valence-corrected chi connectivity index (χ1v) is 14.5. The maximum Gasteiger partial charge on any atom is 0.466 e. The van der Waals surface area contributed by atoms with Crippen molar-refractivity contribution >= 4 is 7.82 Å². The smallest absolute Gasteiger partial charge is 0.466 e. The molecule has 0 spiro atoms. The molecule has 4 rings (SSSR count). The largest absolute Gasteiger partial charge is 0.491 e. The van der Waals surface area contributed by atoms with E-state index in [4.69, 9.17) is 24.0 Å². The molecule has 4 aromatic rings. The van der Waals surface area contributed by atoms with Crippen molar-refractivity contribution in [3.05, 3.63) is 137 Å². The number of hydrogen-bond acceptors (Lipinski definition) is 3. The van der Waals surface area contributed by atoms with Crippen LogP contribution < -0.4 is 4.74 Å². The summed E-state index contributed by atoms with van der Waals surface area (Å²) in [6, 6.07) is 36.4. The molecule has 4 aromatic carbocycles. The Hall–Kier alpha value is -3.25. The van der Waals surface area contributed by atoms with Crippen LogP contribution in [0.4, 0.5) is 0 Å². The van der Waals surface area contributed by atoms with Gasteiger partial charge in [-0.3, -0.25) is 0 Å². The molecule has 6 nitrogen and oxygen atoms in total. The molecular formula is C32H37O6P. The molecule has 4 N–H and O–H groups in total. The highest BCUT2D eigenvalue weighted by Gasteiger charge is 2.24. The lowest BCUT2D eigenvalue weighted by Crippen LogP contribution is -2.12. The summed E-state index contributed by atoms with van der Waals surface area (Å²) in [7, 11) is -4.64. The van der Waals surface area contributed by atoms with Crippen LogP contribution in [0.3, 0.4) is 0 Å². The lowest BCUT2D eigenvalue weighted by atomic mass is 9.81. The minimum Gasteiger partial charge on any atom is -0.491 e. The van der Waals surface area contributed by atoms with Gasteiger partial charge in [0, 0.05) is 28.9 Å². The van der Waals surface area contributed by atoms with Crippen molar-refractivity contribution in [3.8, 4) is 5.75 Å². The molecule has 0 aliphatic heterocycles. The normalized spacial score (nSPS) is 13.5. The molecule has 0 heterocycles. The Balaban J connectivity index is 0.000000771. The average molecular weight is 549 g/mol. The van der Waals surface area contributed by atoms with Crippen LogP contribution in [0.1, 0.15) is 71.9 Å². The van der Waals surface area contributed by atoms with Gasteiger partial charge in [-0.25, -0.2) is 4.57 Å². The Kier molecular flexibility index (Phi) is 11.0. The molecule has 0 radical (unpaired) electrons. The maximum atomic E-state index is 9.59. The molecule has 39 heavy (non-hydrogen) atoms. The van der Waals surface area contributed by atoms with Crippen molar-refractivity contribution < 1.29 is 29.1 Å². The van der Waals surface area contributed by atoms with Crippen molar-refractivity contribution in [2.24, 2.45) is 0 Å². The monoisotopic (exact) mass is 548 g/mol. The Labute approximate surface area is 230 Å². The Morgan fingerprint density at radius 2 is 0.949 bits per heavy atom. The van der Waals surface area contributed by atoms with E-state index in [9.17, 15) is 5.11 Å². The summed E-state index contributed by atoms with van der Waals surface area (Å²) in [6.45, 7) is 7.01. The number of aliphatic hydroxyl groups excluding tert-OH is 1. The number of rotatable bonds is 9. The standard InChI is InChI=1S/C32H34O2.H3O4P/c1-23(26-13-7-4-8-14-26)29-21-30(24(2)27-15-9-5-10-16-27)32(34-20-19-33)31(22-29)25(3)28-17-11-6-12-18-28;1-5(2,3)4/h4-18,21-25,33H,19-20H2,1-3H3;(H3,1,2,3,4). The fourth-order valence-electron chi connectivity index (χ4n) is 4.68. The van der Waals surface area contributed by atoms with E-state index in [2.05, 4.69) is 124 Å². The lowest BCUT2D eigenvalue weighted by molar-refractivity contribution is 0.198. The van der Waals surface area contributed by atoms with Crippen LogP contribution in [0.25, 0.3) is 0 Å². The molecule has 0 fully saturated rings. The second-order valence-electron chi connectivity index (χ2n) is 9.51. The van der Waals surface area contributed by atoms with E-state index in [-0.39, 0.29) is 31.0 Å². The molecule has 3 atom stereocenters. The molecule has 0 amide bonds. The van der Waals surface area contributed by atoms with E-state index < -0.39 is 7.82 Å². The van der Waals surface area contributed by atoms with Crippen LogP contribution >= 0.6 is 7.82 Å². The molecule has 0 aliphatic carbocycles. The number of benzene rings is 4. The Morgan fingerprint density at radius 1 is 0.615 bits per heavy atom. The fraction of sp³-hybridized carbons (Fsp3) is 0.250. The van der Waals surface area contributed by atoms with Gasteiger partial charge in [0.05, 0.1) is 6.61 Å². The second kappa shape index (κ2) is 14.2. The topological polar surface area (TPSA) is 107 Å². The first-order valence-electron chi connectivity index (χ1n) is 12.9. The van der Waals surface area contributed by atoms with Gasteiger partial charge in [0.1, 0.15) is 12.4 Å². The Morgan fingerprint density at radius 3 is 1.28 bits per heavy atom. The highest BCUT2D eigenvalue weighted by atomic mass is 31.2. The zero-order valence-corrected chi connectivity index (χ0v) is 23.4. The summed E-state index contributed by atoms with van der Waals surface area (Å²) in [5.41, 5.74) is 7.40. The molecule has 3 unspecified atom stereocenters. The van der Waals surface area contributed by atoms with Crippen molar-refractivity contribution in [2.75, 3.05) is 13.2 Å². The van der Waals surface area contributed by atoms with Gasteiger partial charge in [0.15, 0.2) is 0 Å². The van der Waals surface area contributed by atoms with E-state index >= 15 is 0 Å². The first kappa shape index (κ1) is 30.3.